The molecule has 0 radical (unpaired) electrons. The van der Waals surface area contributed by atoms with Gasteiger partial charge in [-0.15, -0.1) is 0 Å². The SMILES string of the molecule is Cc1c([N+](=O)[O-])cnn1Cc1ccc(Cl)c(Cl)c1. The van der Waals surface area contributed by atoms with Crippen molar-refractivity contribution in [2.45, 2.75) is 13.5 Å². The monoisotopic (exact) mass is 285 g/mol. The Morgan fingerprint density at radius 3 is 2.67 bits per heavy atom. The second-order valence-electron chi connectivity index (χ2n) is 3.78. The third kappa shape index (κ3) is 2.47. The number of aromatic nitrogens is 2. The fraction of sp³-hybridized carbons (Fsp3) is 0.182. The molecule has 0 fully saturated rings. The highest BCUT2D eigenvalue weighted by Gasteiger charge is 2.16. The van der Waals surface area contributed by atoms with Crippen LogP contribution in [0.1, 0.15) is 11.3 Å². The molecular weight excluding hydrogens is 277 g/mol. The Labute approximate surface area is 113 Å². The number of benzene rings is 1. The maximum atomic E-state index is 10.7. The van der Waals surface area contributed by atoms with E-state index in [0.29, 0.717) is 22.3 Å². The topological polar surface area (TPSA) is 61.0 Å². The van der Waals surface area contributed by atoms with Crippen LogP contribution in [0.25, 0.3) is 0 Å². The molecular formula is C11H9Cl2N3O2. The van der Waals surface area contributed by atoms with Crippen molar-refractivity contribution in [3.8, 4) is 0 Å². The predicted molar refractivity (Wildman–Crippen MR) is 69.2 cm³/mol. The minimum Gasteiger partial charge on any atom is -0.258 e. The predicted octanol–water partition coefficient (Wildman–Crippen LogP) is 3.45. The van der Waals surface area contributed by atoms with Crippen LogP contribution in [0.4, 0.5) is 5.69 Å². The summed E-state index contributed by atoms with van der Waals surface area (Å²) in [4.78, 5) is 10.2. The molecule has 0 spiro atoms. The molecule has 1 aromatic carbocycles. The minimum absolute atomic E-state index is 0.00932. The summed E-state index contributed by atoms with van der Waals surface area (Å²) < 4.78 is 1.55. The van der Waals surface area contributed by atoms with Gasteiger partial charge < -0.3 is 0 Å². The van der Waals surface area contributed by atoms with Gasteiger partial charge >= 0.3 is 5.69 Å². The van der Waals surface area contributed by atoms with Crippen LogP contribution in [0.5, 0.6) is 0 Å². The Balaban J connectivity index is 2.29. The maximum absolute atomic E-state index is 10.7. The third-order valence-corrected chi connectivity index (χ3v) is 3.33. The zero-order valence-corrected chi connectivity index (χ0v) is 10.9. The van der Waals surface area contributed by atoms with Crippen molar-refractivity contribution in [2.75, 3.05) is 0 Å². The average Bonchev–Trinajstić information content (AvgIpc) is 2.66. The molecule has 2 aromatic rings. The van der Waals surface area contributed by atoms with E-state index >= 15 is 0 Å². The normalized spacial score (nSPS) is 10.6. The van der Waals surface area contributed by atoms with Gasteiger partial charge in [0.15, 0.2) is 0 Å². The molecule has 7 heteroatoms. The lowest BCUT2D eigenvalue weighted by Crippen LogP contribution is -2.04. The molecule has 1 heterocycles. The number of nitrogens with zero attached hydrogens (tertiary/aromatic N) is 3. The summed E-state index contributed by atoms with van der Waals surface area (Å²) in [5.74, 6) is 0. The van der Waals surface area contributed by atoms with Crippen LogP contribution in [0.2, 0.25) is 10.0 Å². The molecule has 0 aliphatic heterocycles. The molecule has 0 amide bonds. The molecule has 0 saturated heterocycles. The standard InChI is InChI=1S/C11H9Cl2N3O2/c1-7-11(16(17)18)5-14-15(7)6-8-2-3-9(12)10(13)4-8/h2-5H,6H2,1H3. The number of nitro groups is 1. The molecule has 0 bridgehead atoms. The Bertz CT molecular complexity index is 610. The van der Waals surface area contributed by atoms with Crippen molar-refractivity contribution < 1.29 is 4.92 Å². The van der Waals surface area contributed by atoms with E-state index in [2.05, 4.69) is 5.10 Å². The van der Waals surface area contributed by atoms with Gasteiger partial charge in [0.05, 0.1) is 21.5 Å². The summed E-state index contributed by atoms with van der Waals surface area (Å²) in [6, 6.07) is 5.21. The Morgan fingerprint density at radius 1 is 1.39 bits per heavy atom. The van der Waals surface area contributed by atoms with E-state index in [-0.39, 0.29) is 5.69 Å². The van der Waals surface area contributed by atoms with Crippen LogP contribution < -0.4 is 0 Å². The third-order valence-electron chi connectivity index (χ3n) is 2.59. The fourth-order valence-corrected chi connectivity index (χ4v) is 1.91. The summed E-state index contributed by atoms with van der Waals surface area (Å²) in [5.41, 5.74) is 1.40. The van der Waals surface area contributed by atoms with E-state index in [4.69, 9.17) is 23.2 Å². The highest BCUT2D eigenvalue weighted by molar-refractivity contribution is 6.42. The van der Waals surface area contributed by atoms with E-state index in [0.717, 1.165) is 5.56 Å². The second-order valence-corrected chi connectivity index (χ2v) is 4.59. The van der Waals surface area contributed by atoms with Crippen LogP contribution in [0.15, 0.2) is 24.4 Å². The Hall–Kier alpha value is -1.59. The van der Waals surface area contributed by atoms with Gasteiger partial charge in [0.1, 0.15) is 11.9 Å². The molecule has 0 N–H and O–H groups in total. The van der Waals surface area contributed by atoms with Crippen LogP contribution in [0.3, 0.4) is 0 Å². The van der Waals surface area contributed by atoms with Gasteiger partial charge in [-0.05, 0) is 24.6 Å². The average molecular weight is 286 g/mol. The highest BCUT2D eigenvalue weighted by atomic mass is 35.5. The molecule has 94 valence electrons. The van der Waals surface area contributed by atoms with E-state index in [1.165, 1.54) is 6.20 Å². The summed E-state index contributed by atoms with van der Waals surface area (Å²) in [7, 11) is 0. The molecule has 1 aromatic heterocycles. The lowest BCUT2D eigenvalue weighted by Gasteiger charge is -2.05. The van der Waals surface area contributed by atoms with Gasteiger partial charge in [-0.3, -0.25) is 14.8 Å². The smallest absolute Gasteiger partial charge is 0.258 e. The number of hydrogen-bond acceptors (Lipinski definition) is 3. The molecule has 2 rings (SSSR count). The molecule has 0 aliphatic rings. The van der Waals surface area contributed by atoms with Crippen molar-refractivity contribution in [3.63, 3.8) is 0 Å². The van der Waals surface area contributed by atoms with Gasteiger partial charge in [0.2, 0.25) is 0 Å². The number of halogens is 2. The first kappa shape index (κ1) is 12.9. The summed E-state index contributed by atoms with van der Waals surface area (Å²) >= 11 is 11.7. The van der Waals surface area contributed by atoms with Gasteiger partial charge in [0, 0.05) is 0 Å². The highest BCUT2D eigenvalue weighted by Crippen LogP contribution is 2.24. The zero-order valence-electron chi connectivity index (χ0n) is 9.43. The summed E-state index contributed by atoms with van der Waals surface area (Å²) in [6.45, 7) is 2.07. The molecule has 0 saturated carbocycles. The quantitative estimate of drug-likeness (QED) is 0.641. The molecule has 18 heavy (non-hydrogen) atoms. The van der Waals surface area contributed by atoms with Crippen LogP contribution >= 0.6 is 23.2 Å². The Morgan fingerprint density at radius 2 is 2.11 bits per heavy atom. The zero-order chi connectivity index (χ0) is 13.3. The molecule has 5 nitrogen and oxygen atoms in total. The van der Waals surface area contributed by atoms with E-state index in [9.17, 15) is 10.1 Å². The van der Waals surface area contributed by atoms with Crippen LogP contribution in [-0.2, 0) is 6.54 Å². The lowest BCUT2D eigenvalue weighted by molar-refractivity contribution is -0.385. The molecule has 0 atom stereocenters. The van der Waals surface area contributed by atoms with Crippen molar-refractivity contribution in [3.05, 3.63) is 55.8 Å². The van der Waals surface area contributed by atoms with Gasteiger partial charge in [-0.2, -0.15) is 5.10 Å². The fourth-order valence-electron chi connectivity index (χ4n) is 1.59. The van der Waals surface area contributed by atoms with E-state index in [1.807, 2.05) is 0 Å². The van der Waals surface area contributed by atoms with E-state index in [1.54, 1.807) is 29.8 Å². The molecule has 0 unspecified atom stereocenters. The summed E-state index contributed by atoms with van der Waals surface area (Å²) in [6.07, 6.45) is 1.24. The summed E-state index contributed by atoms with van der Waals surface area (Å²) in [5, 5.41) is 15.6. The van der Waals surface area contributed by atoms with Gasteiger partial charge in [0.25, 0.3) is 0 Å². The van der Waals surface area contributed by atoms with Crippen LogP contribution in [0, 0.1) is 17.0 Å². The van der Waals surface area contributed by atoms with Gasteiger partial charge in [-0.1, -0.05) is 29.3 Å². The Kier molecular flexibility index (Phi) is 3.54. The number of hydrogen-bond donors (Lipinski definition) is 0. The lowest BCUT2D eigenvalue weighted by atomic mass is 10.2. The van der Waals surface area contributed by atoms with Gasteiger partial charge in [-0.25, -0.2) is 0 Å². The largest absolute Gasteiger partial charge is 0.309 e. The van der Waals surface area contributed by atoms with Crippen LogP contribution in [-0.4, -0.2) is 14.7 Å². The van der Waals surface area contributed by atoms with Crippen molar-refractivity contribution in [1.82, 2.24) is 9.78 Å². The van der Waals surface area contributed by atoms with Crippen molar-refractivity contribution in [2.24, 2.45) is 0 Å². The molecule has 0 aliphatic carbocycles. The first-order chi connectivity index (χ1) is 8.49. The second kappa shape index (κ2) is 4.96. The first-order valence-electron chi connectivity index (χ1n) is 5.10. The van der Waals surface area contributed by atoms with Crippen molar-refractivity contribution >= 4 is 28.9 Å². The first-order valence-corrected chi connectivity index (χ1v) is 5.85. The van der Waals surface area contributed by atoms with E-state index < -0.39 is 4.92 Å². The number of rotatable bonds is 3. The minimum atomic E-state index is -0.451. The maximum Gasteiger partial charge on any atom is 0.309 e. The van der Waals surface area contributed by atoms with Crippen molar-refractivity contribution in [1.29, 1.82) is 0 Å².